The topological polar surface area (TPSA) is 59.0 Å². The molecule has 0 radical (unpaired) electrons. The van der Waals surface area contributed by atoms with Crippen LogP contribution in [0.4, 0.5) is 5.69 Å². The van der Waals surface area contributed by atoms with Crippen molar-refractivity contribution in [3.05, 3.63) is 53.6 Å². The van der Waals surface area contributed by atoms with Crippen molar-refractivity contribution in [2.24, 2.45) is 0 Å². The van der Waals surface area contributed by atoms with E-state index in [9.17, 15) is 9.90 Å². The minimum atomic E-state index is -0.949. The molecule has 1 N–H and O–H groups in total. The summed E-state index contributed by atoms with van der Waals surface area (Å²) in [5.41, 5.74) is 2.01. The van der Waals surface area contributed by atoms with Crippen LogP contribution in [0.15, 0.2) is 42.5 Å². The van der Waals surface area contributed by atoms with Crippen LogP contribution in [0.3, 0.4) is 0 Å². The van der Waals surface area contributed by atoms with Gasteiger partial charge in [0.1, 0.15) is 18.1 Å². The van der Waals surface area contributed by atoms with E-state index in [1.165, 1.54) is 7.11 Å². The Labute approximate surface area is 128 Å². The predicted molar refractivity (Wildman–Crippen MR) is 82.9 cm³/mol. The second-order valence-corrected chi connectivity index (χ2v) is 5.07. The molecule has 0 aliphatic carbocycles. The standard InChI is InChI=1S/C17H17NO4/c1-21-13-7-6-12(14(10-13)17(19)20)11-18-8-9-22-16-5-3-2-4-15(16)18/h2-7,10H,8-9,11H2,1H3,(H,19,20). The van der Waals surface area contributed by atoms with Crippen molar-refractivity contribution < 1.29 is 19.4 Å². The zero-order valence-electron chi connectivity index (χ0n) is 12.3. The summed E-state index contributed by atoms with van der Waals surface area (Å²) in [6, 6.07) is 12.9. The van der Waals surface area contributed by atoms with E-state index in [4.69, 9.17) is 9.47 Å². The summed E-state index contributed by atoms with van der Waals surface area (Å²) in [4.78, 5) is 13.6. The number of carboxylic acids is 1. The van der Waals surface area contributed by atoms with E-state index in [0.717, 1.165) is 23.5 Å². The first kappa shape index (κ1) is 14.3. The largest absolute Gasteiger partial charge is 0.497 e. The number of methoxy groups -OCH3 is 1. The molecule has 22 heavy (non-hydrogen) atoms. The van der Waals surface area contributed by atoms with Gasteiger partial charge in [-0.25, -0.2) is 4.79 Å². The number of para-hydroxylation sites is 2. The van der Waals surface area contributed by atoms with Gasteiger partial charge in [-0.1, -0.05) is 18.2 Å². The highest BCUT2D eigenvalue weighted by molar-refractivity contribution is 5.90. The summed E-state index contributed by atoms with van der Waals surface area (Å²) in [5.74, 6) is 0.429. The molecule has 1 aliphatic rings. The van der Waals surface area contributed by atoms with E-state index in [1.807, 2.05) is 24.3 Å². The molecule has 2 aromatic carbocycles. The Morgan fingerprint density at radius 2 is 2.14 bits per heavy atom. The van der Waals surface area contributed by atoms with Gasteiger partial charge in [-0.3, -0.25) is 0 Å². The molecule has 0 saturated heterocycles. The third kappa shape index (κ3) is 2.70. The number of fused-ring (bicyclic) bond motifs is 1. The fraction of sp³-hybridized carbons (Fsp3) is 0.235. The van der Waals surface area contributed by atoms with Crippen molar-refractivity contribution in [1.29, 1.82) is 0 Å². The van der Waals surface area contributed by atoms with Gasteiger partial charge in [-0.15, -0.1) is 0 Å². The summed E-state index contributed by atoms with van der Waals surface area (Å²) >= 11 is 0. The molecular formula is C17H17NO4. The van der Waals surface area contributed by atoms with Crippen LogP contribution in [0.5, 0.6) is 11.5 Å². The Kier molecular flexibility index (Phi) is 3.87. The molecule has 3 rings (SSSR count). The smallest absolute Gasteiger partial charge is 0.336 e. The van der Waals surface area contributed by atoms with Crippen molar-refractivity contribution in [3.63, 3.8) is 0 Å². The first-order chi connectivity index (χ1) is 10.7. The predicted octanol–water partition coefficient (Wildman–Crippen LogP) is 2.79. The zero-order chi connectivity index (χ0) is 15.5. The summed E-state index contributed by atoms with van der Waals surface area (Å²) in [5, 5.41) is 9.41. The van der Waals surface area contributed by atoms with Crippen LogP contribution in [-0.2, 0) is 6.54 Å². The van der Waals surface area contributed by atoms with Crippen molar-refractivity contribution in [2.75, 3.05) is 25.2 Å². The lowest BCUT2D eigenvalue weighted by molar-refractivity contribution is 0.0695. The van der Waals surface area contributed by atoms with E-state index in [0.29, 0.717) is 18.9 Å². The van der Waals surface area contributed by atoms with E-state index >= 15 is 0 Å². The van der Waals surface area contributed by atoms with Gasteiger partial charge in [0.25, 0.3) is 0 Å². The van der Waals surface area contributed by atoms with Crippen molar-refractivity contribution >= 4 is 11.7 Å². The van der Waals surface area contributed by atoms with Crippen LogP contribution < -0.4 is 14.4 Å². The van der Waals surface area contributed by atoms with Crippen LogP contribution in [0.25, 0.3) is 0 Å². The van der Waals surface area contributed by atoms with Gasteiger partial charge < -0.3 is 19.5 Å². The van der Waals surface area contributed by atoms with Crippen LogP contribution in [0.2, 0.25) is 0 Å². The number of hydrogen-bond donors (Lipinski definition) is 1. The lowest BCUT2D eigenvalue weighted by Crippen LogP contribution is -2.32. The van der Waals surface area contributed by atoms with Gasteiger partial charge in [0.2, 0.25) is 0 Å². The van der Waals surface area contributed by atoms with Crippen molar-refractivity contribution in [3.8, 4) is 11.5 Å². The average Bonchev–Trinajstić information content (AvgIpc) is 2.55. The number of benzene rings is 2. The molecule has 0 aromatic heterocycles. The summed E-state index contributed by atoms with van der Waals surface area (Å²) in [7, 11) is 1.53. The second kappa shape index (κ2) is 5.97. The molecule has 0 saturated carbocycles. The Bertz CT molecular complexity index is 699. The highest BCUT2D eigenvalue weighted by atomic mass is 16.5. The highest BCUT2D eigenvalue weighted by Gasteiger charge is 2.20. The van der Waals surface area contributed by atoms with Crippen molar-refractivity contribution in [1.82, 2.24) is 0 Å². The maximum atomic E-state index is 11.5. The minimum Gasteiger partial charge on any atom is -0.497 e. The number of carboxylic acid groups (broad SMARTS) is 1. The molecule has 1 heterocycles. The third-order valence-electron chi connectivity index (χ3n) is 3.73. The Balaban J connectivity index is 1.93. The van der Waals surface area contributed by atoms with Crippen LogP contribution in [0.1, 0.15) is 15.9 Å². The normalized spacial score (nSPS) is 13.2. The first-order valence-electron chi connectivity index (χ1n) is 7.06. The van der Waals surface area contributed by atoms with Gasteiger partial charge in [0.05, 0.1) is 24.9 Å². The van der Waals surface area contributed by atoms with Crippen LogP contribution in [-0.4, -0.2) is 31.3 Å². The molecule has 5 heteroatoms. The van der Waals surface area contributed by atoms with Gasteiger partial charge in [0, 0.05) is 6.54 Å². The molecule has 114 valence electrons. The molecular weight excluding hydrogens is 282 g/mol. The van der Waals surface area contributed by atoms with Gasteiger partial charge in [-0.2, -0.15) is 0 Å². The van der Waals surface area contributed by atoms with E-state index in [1.54, 1.807) is 18.2 Å². The maximum absolute atomic E-state index is 11.5. The molecule has 1 aliphatic heterocycles. The van der Waals surface area contributed by atoms with Gasteiger partial charge >= 0.3 is 5.97 Å². The van der Waals surface area contributed by atoms with E-state index in [-0.39, 0.29) is 5.56 Å². The molecule has 0 fully saturated rings. The Morgan fingerprint density at radius 1 is 1.32 bits per heavy atom. The molecule has 0 bridgehead atoms. The lowest BCUT2D eigenvalue weighted by Gasteiger charge is -2.31. The number of nitrogens with zero attached hydrogens (tertiary/aromatic N) is 1. The second-order valence-electron chi connectivity index (χ2n) is 5.07. The van der Waals surface area contributed by atoms with Crippen molar-refractivity contribution in [2.45, 2.75) is 6.54 Å². The number of hydrogen-bond acceptors (Lipinski definition) is 4. The number of aromatic carboxylic acids is 1. The molecule has 0 spiro atoms. The van der Waals surface area contributed by atoms with E-state index in [2.05, 4.69) is 4.90 Å². The fourth-order valence-corrected chi connectivity index (χ4v) is 2.62. The number of rotatable bonds is 4. The summed E-state index contributed by atoms with van der Waals surface area (Å²) in [6.07, 6.45) is 0. The number of carbonyl (C=O) groups is 1. The third-order valence-corrected chi connectivity index (χ3v) is 3.73. The molecule has 0 amide bonds. The summed E-state index contributed by atoms with van der Waals surface area (Å²) < 4.78 is 10.7. The van der Waals surface area contributed by atoms with Gasteiger partial charge in [-0.05, 0) is 29.8 Å². The average molecular weight is 299 g/mol. The molecule has 2 aromatic rings. The first-order valence-corrected chi connectivity index (χ1v) is 7.06. The van der Waals surface area contributed by atoms with Crippen LogP contribution >= 0.6 is 0 Å². The number of anilines is 1. The Morgan fingerprint density at radius 3 is 2.91 bits per heavy atom. The zero-order valence-corrected chi connectivity index (χ0v) is 12.3. The van der Waals surface area contributed by atoms with Gasteiger partial charge in [0.15, 0.2) is 0 Å². The lowest BCUT2D eigenvalue weighted by atomic mass is 10.1. The monoisotopic (exact) mass is 299 g/mol. The minimum absolute atomic E-state index is 0.267. The van der Waals surface area contributed by atoms with Crippen LogP contribution in [0, 0.1) is 0 Å². The SMILES string of the molecule is COc1ccc(CN2CCOc3ccccc32)c(C(=O)O)c1. The highest BCUT2D eigenvalue weighted by Crippen LogP contribution is 2.32. The Hall–Kier alpha value is -2.69. The molecule has 5 nitrogen and oxygen atoms in total. The summed E-state index contributed by atoms with van der Waals surface area (Å²) in [6.45, 7) is 1.84. The number of ether oxygens (including phenoxy) is 2. The molecule has 0 atom stereocenters. The quantitative estimate of drug-likeness (QED) is 0.940. The maximum Gasteiger partial charge on any atom is 0.336 e. The van der Waals surface area contributed by atoms with E-state index < -0.39 is 5.97 Å². The fourth-order valence-electron chi connectivity index (χ4n) is 2.62. The molecule has 0 unspecified atom stereocenters.